The molecule has 2 nitrogen and oxygen atoms in total. The third kappa shape index (κ3) is 2.46. The van der Waals surface area contributed by atoms with Gasteiger partial charge < -0.3 is 5.32 Å². The third-order valence-electron chi connectivity index (χ3n) is 4.01. The van der Waals surface area contributed by atoms with Crippen LogP contribution in [0.15, 0.2) is 0 Å². The van der Waals surface area contributed by atoms with Crippen molar-refractivity contribution in [2.24, 2.45) is 5.41 Å². The van der Waals surface area contributed by atoms with Crippen molar-refractivity contribution >= 4 is 11.3 Å². The zero-order chi connectivity index (χ0) is 11.6. The SMILES string of the molecule is CCC1(CNCc2nc(C)c(C)s2)CCC1. The molecule has 1 aliphatic rings. The molecule has 1 N–H and O–H groups in total. The minimum Gasteiger partial charge on any atom is -0.310 e. The number of rotatable bonds is 5. The van der Waals surface area contributed by atoms with Crippen molar-refractivity contribution in [1.29, 1.82) is 0 Å². The molecule has 0 radical (unpaired) electrons. The second-order valence-electron chi connectivity index (χ2n) is 5.06. The highest BCUT2D eigenvalue weighted by molar-refractivity contribution is 7.11. The van der Waals surface area contributed by atoms with Gasteiger partial charge in [-0.15, -0.1) is 11.3 Å². The number of hydrogen-bond donors (Lipinski definition) is 1. The van der Waals surface area contributed by atoms with Gasteiger partial charge >= 0.3 is 0 Å². The molecule has 0 spiro atoms. The Hall–Kier alpha value is -0.410. The Morgan fingerprint density at radius 3 is 2.56 bits per heavy atom. The van der Waals surface area contributed by atoms with Crippen LogP contribution in [0.1, 0.15) is 48.2 Å². The highest BCUT2D eigenvalue weighted by atomic mass is 32.1. The monoisotopic (exact) mass is 238 g/mol. The van der Waals surface area contributed by atoms with Gasteiger partial charge in [0.25, 0.3) is 0 Å². The topological polar surface area (TPSA) is 24.9 Å². The van der Waals surface area contributed by atoms with Crippen LogP contribution in [0.4, 0.5) is 0 Å². The van der Waals surface area contributed by atoms with Crippen LogP contribution in [-0.4, -0.2) is 11.5 Å². The lowest BCUT2D eigenvalue weighted by Crippen LogP contribution is -2.39. The molecule has 1 saturated carbocycles. The standard InChI is InChI=1S/C13H22N2S/c1-4-13(6-5-7-13)9-14-8-12-15-10(2)11(3)16-12/h14H,4-9H2,1-3H3. The summed E-state index contributed by atoms with van der Waals surface area (Å²) in [7, 11) is 0. The van der Waals surface area contributed by atoms with E-state index in [9.17, 15) is 0 Å². The van der Waals surface area contributed by atoms with Crippen LogP contribution in [0.5, 0.6) is 0 Å². The van der Waals surface area contributed by atoms with Gasteiger partial charge in [-0.2, -0.15) is 0 Å². The molecular weight excluding hydrogens is 216 g/mol. The van der Waals surface area contributed by atoms with Gasteiger partial charge in [0.15, 0.2) is 0 Å². The summed E-state index contributed by atoms with van der Waals surface area (Å²) < 4.78 is 0. The molecule has 90 valence electrons. The van der Waals surface area contributed by atoms with Crippen LogP contribution >= 0.6 is 11.3 Å². The lowest BCUT2D eigenvalue weighted by atomic mass is 9.67. The van der Waals surface area contributed by atoms with Gasteiger partial charge in [-0.25, -0.2) is 4.98 Å². The maximum absolute atomic E-state index is 4.56. The van der Waals surface area contributed by atoms with Gasteiger partial charge in [0, 0.05) is 18.0 Å². The van der Waals surface area contributed by atoms with Gasteiger partial charge in [0.1, 0.15) is 5.01 Å². The van der Waals surface area contributed by atoms with E-state index in [-0.39, 0.29) is 0 Å². The molecule has 16 heavy (non-hydrogen) atoms. The fourth-order valence-electron chi connectivity index (χ4n) is 2.38. The van der Waals surface area contributed by atoms with E-state index in [1.54, 1.807) is 0 Å². The average molecular weight is 238 g/mol. The lowest BCUT2D eigenvalue weighted by Gasteiger charge is -2.41. The molecule has 2 rings (SSSR count). The summed E-state index contributed by atoms with van der Waals surface area (Å²) in [4.78, 5) is 5.91. The quantitative estimate of drug-likeness (QED) is 0.850. The molecular formula is C13H22N2S. The third-order valence-corrected chi connectivity index (χ3v) is 5.09. The summed E-state index contributed by atoms with van der Waals surface area (Å²) in [6.45, 7) is 8.67. The van der Waals surface area contributed by atoms with Crippen LogP contribution in [0.3, 0.4) is 0 Å². The summed E-state index contributed by atoms with van der Waals surface area (Å²) in [5, 5.41) is 4.82. The van der Waals surface area contributed by atoms with Gasteiger partial charge in [-0.3, -0.25) is 0 Å². The number of hydrogen-bond acceptors (Lipinski definition) is 3. The molecule has 1 aromatic rings. The molecule has 0 aromatic carbocycles. The largest absolute Gasteiger partial charge is 0.310 e. The van der Waals surface area contributed by atoms with Crippen molar-refractivity contribution in [3.05, 3.63) is 15.6 Å². The zero-order valence-corrected chi connectivity index (χ0v) is 11.4. The lowest BCUT2D eigenvalue weighted by molar-refractivity contribution is 0.124. The van der Waals surface area contributed by atoms with Crippen LogP contribution in [0.25, 0.3) is 0 Å². The molecule has 0 amide bonds. The Labute approximate surface area is 102 Å². The number of nitrogens with zero attached hydrogens (tertiary/aromatic N) is 1. The van der Waals surface area contributed by atoms with Gasteiger partial charge in [-0.1, -0.05) is 13.3 Å². The van der Waals surface area contributed by atoms with Gasteiger partial charge in [0.2, 0.25) is 0 Å². The summed E-state index contributed by atoms with van der Waals surface area (Å²) in [6.07, 6.45) is 5.56. The Kier molecular flexibility index (Phi) is 3.65. The molecule has 0 unspecified atom stereocenters. The van der Waals surface area contributed by atoms with Crippen molar-refractivity contribution < 1.29 is 0 Å². The highest BCUT2D eigenvalue weighted by Crippen LogP contribution is 2.43. The van der Waals surface area contributed by atoms with E-state index in [1.165, 1.54) is 47.8 Å². The van der Waals surface area contributed by atoms with E-state index >= 15 is 0 Å². The molecule has 1 fully saturated rings. The summed E-state index contributed by atoms with van der Waals surface area (Å²) in [6, 6.07) is 0. The number of aromatic nitrogens is 1. The smallest absolute Gasteiger partial charge is 0.107 e. The van der Waals surface area contributed by atoms with Gasteiger partial charge in [-0.05, 0) is 38.5 Å². The normalized spacial score (nSPS) is 18.4. The van der Waals surface area contributed by atoms with Crippen molar-refractivity contribution in [3.63, 3.8) is 0 Å². The average Bonchev–Trinajstić information content (AvgIpc) is 2.51. The van der Waals surface area contributed by atoms with E-state index in [4.69, 9.17) is 0 Å². The molecule has 0 bridgehead atoms. The molecule has 1 aliphatic carbocycles. The Balaban J connectivity index is 1.79. The van der Waals surface area contributed by atoms with E-state index < -0.39 is 0 Å². The molecule has 1 heterocycles. The van der Waals surface area contributed by atoms with E-state index in [1.807, 2.05) is 11.3 Å². The first-order valence-electron chi connectivity index (χ1n) is 6.29. The van der Waals surface area contributed by atoms with E-state index in [0.717, 1.165) is 6.54 Å². The van der Waals surface area contributed by atoms with Crippen LogP contribution in [0.2, 0.25) is 0 Å². The fourth-order valence-corrected chi connectivity index (χ4v) is 3.29. The van der Waals surface area contributed by atoms with Crippen molar-refractivity contribution in [2.75, 3.05) is 6.54 Å². The number of nitrogens with one attached hydrogen (secondary N) is 1. The first-order chi connectivity index (χ1) is 7.65. The molecule has 1 aromatic heterocycles. The van der Waals surface area contributed by atoms with Crippen LogP contribution < -0.4 is 5.32 Å². The Morgan fingerprint density at radius 1 is 1.38 bits per heavy atom. The molecule has 0 aliphatic heterocycles. The second-order valence-corrected chi connectivity index (χ2v) is 6.35. The van der Waals surface area contributed by atoms with E-state index in [2.05, 4.69) is 31.1 Å². The predicted octanol–water partition coefficient (Wildman–Crippen LogP) is 3.43. The predicted molar refractivity (Wildman–Crippen MR) is 69.9 cm³/mol. The van der Waals surface area contributed by atoms with E-state index in [0.29, 0.717) is 5.41 Å². The fraction of sp³-hybridized carbons (Fsp3) is 0.769. The van der Waals surface area contributed by atoms with Crippen LogP contribution in [-0.2, 0) is 6.54 Å². The second kappa shape index (κ2) is 4.84. The van der Waals surface area contributed by atoms with Crippen LogP contribution in [0, 0.1) is 19.3 Å². The maximum Gasteiger partial charge on any atom is 0.107 e. The number of aryl methyl sites for hydroxylation is 2. The minimum absolute atomic E-state index is 0.612. The number of thiazole rings is 1. The summed E-state index contributed by atoms with van der Waals surface area (Å²) in [5.74, 6) is 0. The maximum atomic E-state index is 4.56. The first kappa shape index (κ1) is 12.1. The molecule has 3 heteroatoms. The summed E-state index contributed by atoms with van der Waals surface area (Å²) >= 11 is 1.82. The summed E-state index contributed by atoms with van der Waals surface area (Å²) in [5.41, 5.74) is 1.80. The Morgan fingerprint density at radius 2 is 2.12 bits per heavy atom. The minimum atomic E-state index is 0.612. The Bertz CT molecular complexity index is 328. The van der Waals surface area contributed by atoms with Crippen molar-refractivity contribution in [2.45, 2.75) is 53.0 Å². The van der Waals surface area contributed by atoms with Gasteiger partial charge in [0.05, 0.1) is 5.69 Å². The zero-order valence-electron chi connectivity index (χ0n) is 10.6. The highest BCUT2D eigenvalue weighted by Gasteiger charge is 2.34. The van der Waals surface area contributed by atoms with Crippen molar-refractivity contribution in [1.82, 2.24) is 10.3 Å². The first-order valence-corrected chi connectivity index (χ1v) is 7.10. The molecule has 0 atom stereocenters. The molecule has 0 saturated heterocycles. The van der Waals surface area contributed by atoms with Crippen molar-refractivity contribution in [3.8, 4) is 0 Å².